The Kier molecular flexibility index (Phi) is 5.17. The minimum atomic E-state index is -0.409. The molecule has 1 N–H and O–H groups in total. The van der Waals surface area contributed by atoms with Crippen molar-refractivity contribution >= 4 is 28.6 Å². The number of H-pyrrole nitrogens is 1. The highest BCUT2D eigenvalue weighted by Crippen LogP contribution is 2.39. The third-order valence-electron chi connectivity index (χ3n) is 5.63. The summed E-state index contributed by atoms with van der Waals surface area (Å²) < 4.78 is 4.81. The smallest absolute Gasteiger partial charge is 0.339 e. The van der Waals surface area contributed by atoms with Crippen LogP contribution in [0.15, 0.2) is 42.6 Å². The second-order valence-corrected chi connectivity index (χ2v) is 7.74. The average Bonchev–Trinajstić information content (AvgIpc) is 3.34. The summed E-state index contributed by atoms with van der Waals surface area (Å²) in [6.07, 6.45) is 8.06. The molecule has 1 aliphatic carbocycles. The lowest BCUT2D eigenvalue weighted by atomic mass is 9.85. The van der Waals surface area contributed by atoms with Crippen molar-refractivity contribution in [2.24, 2.45) is 5.92 Å². The molecule has 27 heavy (non-hydrogen) atoms. The standard InChI is InChI=1S/C22H23ClN2O2/c1-27-22(26)17-9-8-15(12-19(17)23)18(11-14-5-2-3-6-14)20-13-16-7-4-10-24-21(16)25-20/h4,7-10,12-14,18H,2-3,5-6,11H2,1H3,(H,24,25). The van der Waals surface area contributed by atoms with Crippen LogP contribution in [0.3, 0.4) is 0 Å². The van der Waals surface area contributed by atoms with Gasteiger partial charge in [-0.05, 0) is 48.2 Å². The number of hydrogen-bond donors (Lipinski definition) is 1. The van der Waals surface area contributed by atoms with Crippen molar-refractivity contribution in [2.75, 3.05) is 7.11 Å². The number of pyridine rings is 1. The lowest BCUT2D eigenvalue weighted by Gasteiger charge is -2.21. The largest absolute Gasteiger partial charge is 0.465 e. The minimum absolute atomic E-state index is 0.200. The topological polar surface area (TPSA) is 55.0 Å². The molecule has 1 unspecified atom stereocenters. The van der Waals surface area contributed by atoms with Crippen molar-refractivity contribution < 1.29 is 9.53 Å². The highest BCUT2D eigenvalue weighted by atomic mass is 35.5. The van der Waals surface area contributed by atoms with Gasteiger partial charge in [-0.1, -0.05) is 43.4 Å². The first-order valence-electron chi connectivity index (χ1n) is 9.47. The van der Waals surface area contributed by atoms with Gasteiger partial charge in [0.2, 0.25) is 0 Å². The van der Waals surface area contributed by atoms with E-state index >= 15 is 0 Å². The fourth-order valence-electron chi connectivity index (χ4n) is 4.21. The fraction of sp³-hybridized carbons (Fsp3) is 0.364. The molecule has 4 rings (SSSR count). The van der Waals surface area contributed by atoms with Gasteiger partial charge in [-0.25, -0.2) is 9.78 Å². The van der Waals surface area contributed by atoms with Gasteiger partial charge in [0.05, 0.1) is 17.7 Å². The van der Waals surface area contributed by atoms with Crippen LogP contribution in [0.2, 0.25) is 5.02 Å². The zero-order valence-corrected chi connectivity index (χ0v) is 16.1. The number of carbonyl (C=O) groups excluding carboxylic acids is 1. The van der Waals surface area contributed by atoms with Crippen molar-refractivity contribution in [3.8, 4) is 0 Å². The third kappa shape index (κ3) is 3.72. The van der Waals surface area contributed by atoms with Crippen LogP contribution in [-0.4, -0.2) is 23.0 Å². The van der Waals surface area contributed by atoms with Crippen molar-refractivity contribution in [3.05, 3.63) is 64.4 Å². The molecular formula is C22H23ClN2O2. The van der Waals surface area contributed by atoms with Crippen molar-refractivity contribution in [1.82, 2.24) is 9.97 Å². The molecule has 1 saturated carbocycles. The Balaban J connectivity index is 1.73. The van der Waals surface area contributed by atoms with E-state index in [1.54, 1.807) is 12.3 Å². The minimum Gasteiger partial charge on any atom is -0.465 e. The lowest BCUT2D eigenvalue weighted by Crippen LogP contribution is -2.09. The number of hydrogen-bond acceptors (Lipinski definition) is 3. The summed E-state index contributed by atoms with van der Waals surface area (Å²) in [7, 11) is 1.37. The van der Waals surface area contributed by atoms with Gasteiger partial charge in [0, 0.05) is 23.2 Å². The number of carbonyl (C=O) groups is 1. The summed E-state index contributed by atoms with van der Waals surface area (Å²) in [5.41, 5.74) is 3.57. The quantitative estimate of drug-likeness (QED) is 0.574. The molecule has 2 aromatic heterocycles. The summed E-state index contributed by atoms with van der Waals surface area (Å²) in [6.45, 7) is 0. The highest BCUT2D eigenvalue weighted by molar-refractivity contribution is 6.33. The first kappa shape index (κ1) is 18.1. The maximum Gasteiger partial charge on any atom is 0.339 e. The second kappa shape index (κ2) is 7.73. The predicted molar refractivity (Wildman–Crippen MR) is 107 cm³/mol. The summed E-state index contributed by atoms with van der Waals surface area (Å²) in [5, 5.41) is 1.55. The van der Waals surface area contributed by atoms with Crippen molar-refractivity contribution in [2.45, 2.75) is 38.0 Å². The van der Waals surface area contributed by atoms with Gasteiger partial charge in [0.15, 0.2) is 0 Å². The van der Waals surface area contributed by atoms with E-state index in [1.165, 1.54) is 32.8 Å². The molecule has 0 spiro atoms. The van der Waals surface area contributed by atoms with Crippen LogP contribution in [0, 0.1) is 5.92 Å². The Bertz CT molecular complexity index is 927. The molecule has 0 aliphatic heterocycles. The van der Waals surface area contributed by atoms with Crippen LogP contribution in [0.1, 0.15) is 59.6 Å². The molecule has 3 aromatic rings. The van der Waals surface area contributed by atoms with Gasteiger partial charge in [-0.3, -0.25) is 0 Å². The summed E-state index contributed by atoms with van der Waals surface area (Å²) in [4.78, 5) is 19.8. The number of ether oxygens (including phenoxy) is 1. The number of halogens is 1. The molecule has 0 saturated heterocycles. The fourth-order valence-corrected chi connectivity index (χ4v) is 4.48. The molecule has 4 nitrogen and oxygen atoms in total. The first-order valence-corrected chi connectivity index (χ1v) is 9.85. The number of nitrogens with one attached hydrogen (secondary N) is 1. The number of fused-ring (bicyclic) bond motifs is 1. The molecule has 0 bridgehead atoms. The third-order valence-corrected chi connectivity index (χ3v) is 5.95. The van der Waals surface area contributed by atoms with Gasteiger partial charge in [0.1, 0.15) is 5.65 Å². The van der Waals surface area contributed by atoms with Crippen molar-refractivity contribution in [3.63, 3.8) is 0 Å². The van der Waals surface area contributed by atoms with E-state index in [0.717, 1.165) is 28.7 Å². The Labute approximate surface area is 163 Å². The van der Waals surface area contributed by atoms with Crippen molar-refractivity contribution in [1.29, 1.82) is 0 Å². The molecule has 0 radical (unpaired) electrons. The van der Waals surface area contributed by atoms with Crippen LogP contribution in [-0.2, 0) is 4.74 Å². The number of benzene rings is 1. The van der Waals surface area contributed by atoms with Crippen LogP contribution in [0.4, 0.5) is 0 Å². The van der Waals surface area contributed by atoms with E-state index in [9.17, 15) is 4.79 Å². The molecular weight excluding hydrogens is 360 g/mol. The zero-order chi connectivity index (χ0) is 18.8. The van der Waals surface area contributed by atoms with E-state index in [2.05, 4.69) is 22.1 Å². The SMILES string of the molecule is COC(=O)c1ccc(C(CC2CCCC2)c2cc3cccnc3[nH]2)cc1Cl. The molecule has 1 aliphatic rings. The van der Waals surface area contributed by atoms with Crippen LogP contribution < -0.4 is 0 Å². The number of nitrogens with zero attached hydrogens (tertiary/aromatic N) is 1. The summed E-state index contributed by atoms with van der Waals surface area (Å²) >= 11 is 6.41. The number of rotatable bonds is 5. The van der Waals surface area contributed by atoms with E-state index < -0.39 is 5.97 Å². The first-order chi connectivity index (χ1) is 13.2. The summed E-state index contributed by atoms with van der Waals surface area (Å²) in [5.74, 6) is 0.508. The van der Waals surface area contributed by atoms with Crippen LogP contribution >= 0.6 is 11.6 Å². The monoisotopic (exact) mass is 382 g/mol. The molecule has 5 heteroatoms. The number of aromatic nitrogens is 2. The lowest BCUT2D eigenvalue weighted by molar-refractivity contribution is 0.0601. The van der Waals surface area contributed by atoms with Crippen LogP contribution in [0.5, 0.6) is 0 Å². The number of esters is 1. The Hall–Kier alpha value is -2.33. The Morgan fingerprint density at radius 3 is 2.81 bits per heavy atom. The predicted octanol–water partition coefficient (Wildman–Crippen LogP) is 5.72. The van der Waals surface area contributed by atoms with Gasteiger partial charge in [0.25, 0.3) is 0 Å². The highest BCUT2D eigenvalue weighted by Gasteiger charge is 2.25. The van der Waals surface area contributed by atoms with Crippen LogP contribution in [0.25, 0.3) is 11.0 Å². The van der Waals surface area contributed by atoms with Gasteiger partial charge < -0.3 is 9.72 Å². The average molecular weight is 383 g/mol. The maximum absolute atomic E-state index is 11.9. The molecule has 140 valence electrons. The second-order valence-electron chi connectivity index (χ2n) is 7.34. The Morgan fingerprint density at radius 2 is 2.11 bits per heavy atom. The van der Waals surface area contributed by atoms with Gasteiger partial charge in [-0.15, -0.1) is 0 Å². The van der Waals surface area contributed by atoms with Gasteiger partial charge in [-0.2, -0.15) is 0 Å². The zero-order valence-electron chi connectivity index (χ0n) is 15.4. The molecule has 1 atom stereocenters. The van der Waals surface area contributed by atoms with E-state index in [4.69, 9.17) is 16.3 Å². The maximum atomic E-state index is 11.9. The van der Waals surface area contributed by atoms with E-state index in [0.29, 0.717) is 16.5 Å². The summed E-state index contributed by atoms with van der Waals surface area (Å²) in [6, 6.07) is 11.9. The van der Waals surface area contributed by atoms with E-state index in [1.807, 2.05) is 18.2 Å². The molecule has 1 fully saturated rings. The molecule has 1 aromatic carbocycles. The van der Waals surface area contributed by atoms with E-state index in [-0.39, 0.29) is 5.92 Å². The van der Waals surface area contributed by atoms with Gasteiger partial charge >= 0.3 is 5.97 Å². The Morgan fingerprint density at radius 1 is 1.30 bits per heavy atom. The molecule has 2 heterocycles. The number of aromatic amines is 1. The molecule has 0 amide bonds. The number of methoxy groups -OCH3 is 1. The normalized spacial score (nSPS) is 15.9.